The Hall–Kier alpha value is -1.79. The van der Waals surface area contributed by atoms with Gasteiger partial charge in [-0.15, -0.1) is 0 Å². The fourth-order valence-corrected chi connectivity index (χ4v) is 2.15. The number of hydrogen-bond acceptors (Lipinski definition) is 6. The maximum atomic E-state index is 11.3. The third-order valence-electron chi connectivity index (χ3n) is 3.28. The Balaban J connectivity index is 1.80. The van der Waals surface area contributed by atoms with Crippen LogP contribution in [-0.2, 0) is 14.3 Å². The normalized spacial score (nSPS) is 19.0. The van der Waals surface area contributed by atoms with E-state index in [2.05, 4.69) is 4.74 Å². The summed E-state index contributed by atoms with van der Waals surface area (Å²) in [5, 5.41) is 0. The van der Waals surface area contributed by atoms with Crippen molar-refractivity contribution >= 4 is 5.97 Å². The van der Waals surface area contributed by atoms with E-state index in [1.54, 1.807) is 7.11 Å². The highest BCUT2D eigenvalue weighted by Crippen LogP contribution is 2.19. The second-order valence-electron chi connectivity index (χ2n) is 4.79. The van der Waals surface area contributed by atoms with Crippen LogP contribution in [0.5, 0.6) is 11.5 Å². The second-order valence-corrected chi connectivity index (χ2v) is 4.79. The van der Waals surface area contributed by atoms with Crippen molar-refractivity contribution in [2.45, 2.75) is 6.10 Å². The van der Waals surface area contributed by atoms with Gasteiger partial charge in [0.15, 0.2) is 0 Å². The Bertz CT molecular complexity index is 465. The highest BCUT2D eigenvalue weighted by molar-refractivity contribution is 5.71. The molecular weight excluding hydrogens is 274 g/mol. The minimum absolute atomic E-state index is 0.0605. The first-order valence-corrected chi connectivity index (χ1v) is 6.89. The SMILES string of the molecule is COC(=O)CN1CCOC(COc2cccc(OC)c2)C1. The van der Waals surface area contributed by atoms with Gasteiger partial charge >= 0.3 is 5.97 Å². The summed E-state index contributed by atoms with van der Waals surface area (Å²) in [5.74, 6) is 1.26. The van der Waals surface area contributed by atoms with Crippen LogP contribution in [-0.4, -0.2) is 64.0 Å². The number of benzene rings is 1. The topological polar surface area (TPSA) is 57.2 Å². The van der Waals surface area contributed by atoms with Gasteiger partial charge in [0.25, 0.3) is 0 Å². The summed E-state index contributed by atoms with van der Waals surface area (Å²) in [6, 6.07) is 7.44. The molecule has 1 saturated heterocycles. The lowest BCUT2D eigenvalue weighted by Crippen LogP contribution is -2.46. The first kappa shape index (κ1) is 15.6. The molecule has 1 fully saturated rings. The van der Waals surface area contributed by atoms with Crippen LogP contribution in [0, 0.1) is 0 Å². The molecule has 0 spiro atoms. The van der Waals surface area contributed by atoms with Crippen LogP contribution in [0.4, 0.5) is 0 Å². The largest absolute Gasteiger partial charge is 0.497 e. The third-order valence-corrected chi connectivity index (χ3v) is 3.28. The molecule has 1 heterocycles. The van der Waals surface area contributed by atoms with Crippen molar-refractivity contribution in [3.8, 4) is 11.5 Å². The van der Waals surface area contributed by atoms with Crippen LogP contribution in [0.2, 0.25) is 0 Å². The first-order valence-electron chi connectivity index (χ1n) is 6.89. The van der Waals surface area contributed by atoms with Gasteiger partial charge < -0.3 is 18.9 Å². The van der Waals surface area contributed by atoms with Crippen molar-refractivity contribution in [2.24, 2.45) is 0 Å². The molecule has 0 radical (unpaired) electrons. The average molecular weight is 295 g/mol. The van der Waals surface area contributed by atoms with E-state index < -0.39 is 0 Å². The van der Waals surface area contributed by atoms with Crippen molar-refractivity contribution in [1.82, 2.24) is 4.90 Å². The molecule has 0 amide bonds. The van der Waals surface area contributed by atoms with Crippen LogP contribution in [0.1, 0.15) is 0 Å². The summed E-state index contributed by atoms with van der Waals surface area (Å²) in [5.41, 5.74) is 0. The van der Waals surface area contributed by atoms with Gasteiger partial charge in [0.05, 0.1) is 27.4 Å². The van der Waals surface area contributed by atoms with Gasteiger partial charge in [-0.2, -0.15) is 0 Å². The van der Waals surface area contributed by atoms with E-state index in [0.717, 1.165) is 18.0 Å². The number of carbonyl (C=O) groups excluding carboxylic acids is 1. The summed E-state index contributed by atoms with van der Waals surface area (Å²) >= 11 is 0. The molecule has 0 aromatic heterocycles. The van der Waals surface area contributed by atoms with E-state index in [0.29, 0.717) is 19.8 Å². The van der Waals surface area contributed by atoms with Gasteiger partial charge in [0, 0.05) is 19.2 Å². The predicted octanol–water partition coefficient (Wildman–Crippen LogP) is 0.948. The summed E-state index contributed by atoms with van der Waals surface area (Å²) < 4.78 is 21.2. The van der Waals surface area contributed by atoms with Crippen LogP contribution >= 0.6 is 0 Å². The van der Waals surface area contributed by atoms with E-state index in [1.165, 1.54) is 7.11 Å². The summed E-state index contributed by atoms with van der Waals surface area (Å²) in [4.78, 5) is 13.3. The fourth-order valence-electron chi connectivity index (χ4n) is 2.15. The van der Waals surface area contributed by atoms with Crippen LogP contribution in [0.25, 0.3) is 0 Å². The first-order chi connectivity index (χ1) is 10.2. The van der Waals surface area contributed by atoms with E-state index in [9.17, 15) is 4.79 Å². The lowest BCUT2D eigenvalue weighted by Gasteiger charge is -2.31. The minimum atomic E-state index is -0.232. The van der Waals surface area contributed by atoms with E-state index >= 15 is 0 Å². The molecule has 0 bridgehead atoms. The molecule has 1 unspecified atom stereocenters. The predicted molar refractivity (Wildman–Crippen MR) is 76.7 cm³/mol. The molecule has 2 rings (SSSR count). The van der Waals surface area contributed by atoms with Gasteiger partial charge in [0.2, 0.25) is 0 Å². The van der Waals surface area contributed by atoms with Crippen LogP contribution in [0.3, 0.4) is 0 Å². The Morgan fingerprint density at radius 1 is 1.38 bits per heavy atom. The van der Waals surface area contributed by atoms with Gasteiger partial charge in [-0.3, -0.25) is 9.69 Å². The second kappa shape index (κ2) is 7.85. The molecule has 1 aromatic carbocycles. The van der Waals surface area contributed by atoms with Crippen molar-refractivity contribution in [3.05, 3.63) is 24.3 Å². The number of morpholine rings is 1. The van der Waals surface area contributed by atoms with Crippen molar-refractivity contribution in [2.75, 3.05) is 47.1 Å². The van der Waals surface area contributed by atoms with Crippen molar-refractivity contribution in [3.63, 3.8) is 0 Å². The number of carbonyl (C=O) groups is 1. The van der Waals surface area contributed by atoms with E-state index in [4.69, 9.17) is 14.2 Å². The standard InChI is InChI=1S/C15H21NO5/c1-18-12-4-3-5-13(8-12)21-11-14-9-16(6-7-20-14)10-15(17)19-2/h3-5,8,14H,6-7,9-11H2,1-2H3. The zero-order valence-corrected chi connectivity index (χ0v) is 12.4. The molecule has 116 valence electrons. The summed E-state index contributed by atoms with van der Waals surface area (Å²) in [7, 11) is 3.01. The maximum absolute atomic E-state index is 11.3. The number of rotatable bonds is 6. The fraction of sp³-hybridized carbons (Fsp3) is 0.533. The molecule has 21 heavy (non-hydrogen) atoms. The molecule has 0 aliphatic carbocycles. The smallest absolute Gasteiger partial charge is 0.319 e. The summed E-state index contributed by atoms with van der Waals surface area (Å²) in [6.45, 7) is 2.69. The number of ether oxygens (including phenoxy) is 4. The lowest BCUT2D eigenvalue weighted by atomic mass is 10.2. The monoisotopic (exact) mass is 295 g/mol. The molecule has 0 saturated carbocycles. The van der Waals surface area contributed by atoms with Crippen molar-refractivity contribution < 1.29 is 23.7 Å². The van der Waals surface area contributed by atoms with E-state index in [-0.39, 0.29) is 18.6 Å². The highest BCUT2D eigenvalue weighted by Gasteiger charge is 2.22. The Kier molecular flexibility index (Phi) is 5.83. The number of nitrogens with zero attached hydrogens (tertiary/aromatic N) is 1. The zero-order valence-electron chi connectivity index (χ0n) is 12.4. The van der Waals surface area contributed by atoms with Gasteiger partial charge in [-0.05, 0) is 12.1 Å². The summed E-state index contributed by atoms with van der Waals surface area (Å²) in [6.07, 6.45) is -0.0605. The van der Waals surface area contributed by atoms with Gasteiger partial charge in [-0.25, -0.2) is 0 Å². The number of hydrogen-bond donors (Lipinski definition) is 0. The molecule has 6 nitrogen and oxygen atoms in total. The molecule has 1 aliphatic rings. The maximum Gasteiger partial charge on any atom is 0.319 e. The zero-order chi connectivity index (χ0) is 15.1. The van der Waals surface area contributed by atoms with Crippen molar-refractivity contribution in [1.29, 1.82) is 0 Å². The average Bonchev–Trinajstić information content (AvgIpc) is 2.53. The molecule has 1 aliphatic heterocycles. The molecule has 1 atom stereocenters. The lowest BCUT2D eigenvalue weighted by molar-refractivity contribution is -0.144. The molecule has 1 aromatic rings. The molecular formula is C15H21NO5. The molecule has 6 heteroatoms. The quantitative estimate of drug-likeness (QED) is 0.728. The Morgan fingerprint density at radius 3 is 2.95 bits per heavy atom. The minimum Gasteiger partial charge on any atom is -0.497 e. The Labute approximate surface area is 124 Å². The number of methoxy groups -OCH3 is 2. The van der Waals surface area contributed by atoms with Gasteiger partial charge in [-0.1, -0.05) is 6.07 Å². The Morgan fingerprint density at radius 2 is 2.19 bits per heavy atom. The number of esters is 1. The third kappa shape index (κ3) is 4.91. The van der Waals surface area contributed by atoms with E-state index in [1.807, 2.05) is 29.2 Å². The van der Waals surface area contributed by atoms with Gasteiger partial charge in [0.1, 0.15) is 24.2 Å². The van der Waals surface area contributed by atoms with Crippen LogP contribution < -0.4 is 9.47 Å². The van der Waals surface area contributed by atoms with Crippen LogP contribution in [0.15, 0.2) is 24.3 Å². The molecule has 0 N–H and O–H groups in total. The highest BCUT2D eigenvalue weighted by atomic mass is 16.5.